The van der Waals surface area contributed by atoms with Crippen LogP contribution in [0.2, 0.25) is 0 Å². The van der Waals surface area contributed by atoms with Gasteiger partial charge in [-0.25, -0.2) is 9.97 Å². The molecule has 1 fully saturated rings. The van der Waals surface area contributed by atoms with E-state index in [2.05, 4.69) is 28.2 Å². The quantitative estimate of drug-likeness (QED) is 0.700. The van der Waals surface area contributed by atoms with Crippen molar-refractivity contribution in [2.75, 3.05) is 43.5 Å². The van der Waals surface area contributed by atoms with E-state index in [0.717, 1.165) is 28.0 Å². The first-order valence-corrected chi connectivity index (χ1v) is 10.2. The summed E-state index contributed by atoms with van der Waals surface area (Å²) >= 11 is 0. The van der Waals surface area contributed by atoms with Gasteiger partial charge in [-0.1, -0.05) is 12.1 Å². The maximum absolute atomic E-state index is 12.9. The van der Waals surface area contributed by atoms with Crippen LogP contribution in [0.3, 0.4) is 0 Å². The van der Waals surface area contributed by atoms with E-state index in [-0.39, 0.29) is 11.8 Å². The van der Waals surface area contributed by atoms with E-state index in [4.69, 9.17) is 9.72 Å². The zero-order chi connectivity index (χ0) is 22.0. The zero-order valence-corrected chi connectivity index (χ0v) is 17.9. The van der Waals surface area contributed by atoms with Crippen LogP contribution in [0.1, 0.15) is 22.8 Å². The summed E-state index contributed by atoms with van der Waals surface area (Å²) in [5.74, 6) is 1.72. The van der Waals surface area contributed by atoms with Crippen molar-refractivity contribution in [2.45, 2.75) is 13.8 Å². The third-order valence-corrected chi connectivity index (χ3v) is 5.42. The molecule has 0 saturated carbocycles. The predicted octanol–water partition coefficient (Wildman–Crippen LogP) is 2.87. The van der Waals surface area contributed by atoms with Crippen LogP contribution in [0.15, 0.2) is 42.6 Å². The number of amides is 2. The number of piperazine rings is 1. The second-order valence-electron chi connectivity index (χ2n) is 7.54. The summed E-state index contributed by atoms with van der Waals surface area (Å²) in [7, 11) is 1.65. The van der Waals surface area contributed by atoms with Gasteiger partial charge in [0.2, 0.25) is 5.91 Å². The predicted molar refractivity (Wildman–Crippen MR) is 120 cm³/mol. The van der Waals surface area contributed by atoms with Gasteiger partial charge >= 0.3 is 0 Å². The largest absolute Gasteiger partial charge is 0.494 e. The summed E-state index contributed by atoms with van der Waals surface area (Å²) < 4.78 is 5.49. The number of nitrogens with zero attached hydrogens (tertiary/aromatic N) is 4. The SMILES string of the molecule is COc1cccc2c(C)cc(N3CCN(C(=O)c4ccnc(NC(C)=O)c4)CC3)nc12. The number of benzene rings is 1. The van der Waals surface area contributed by atoms with Crippen molar-refractivity contribution < 1.29 is 14.3 Å². The number of anilines is 2. The Morgan fingerprint density at radius 2 is 1.87 bits per heavy atom. The van der Waals surface area contributed by atoms with Crippen LogP contribution < -0.4 is 15.0 Å². The molecule has 2 amide bonds. The maximum Gasteiger partial charge on any atom is 0.254 e. The highest BCUT2D eigenvalue weighted by atomic mass is 16.5. The van der Waals surface area contributed by atoms with E-state index < -0.39 is 0 Å². The summed E-state index contributed by atoms with van der Waals surface area (Å²) in [6, 6.07) is 11.3. The van der Waals surface area contributed by atoms with Gasteiger partial charge in [0.25, 0.3) is 5.91 Å². The molecule has 0 atom stereocenters. The number of pyridine rings is 2. The molecule has 1 saturated heterocycles. The third kappa shape index (κ3) is 4.28. The normalized spacial score (nSPS) is 13.9. The van der Waals surface area contributed by atoms with E-state index in [1.165, 1.54) is 13.1 Å². The van der Waals surface area contributed by atoms with Gasteiger partial charge in [0.05, 0.1) is 7.11 Å². The lowest BCUT2D eigenvalue weighted by molar-refractivity contribution is -0.114. The Labute approximate surface area is 180 Å². The molecule has 3 heterocycles. The number of hydrogen-bond acceptors (Lipinski definition) is 6. The molecule has 8 heteroatoms. The number of para-hydroxylation sites is 1. The van der Waals surface area contributed by atoms with Crippen LogP contribution >= 0.6 is 0 Å². The van der Waals surface area contributed by atoms with E-state index in [0.29, 0.717) is 37.6 Å². The molecule has 0 radical (unpaired) electrons. The molecule has 1 aliphatic heterocycles. The zero-order valence-electron chi connectivity index (χ0n) is 17.9. The van der Waals surface area contributed by atoms with Gasteiger partial charge < -0.3 is 19.9 Å². The number of rotatable bonds is 4. The minimum atomic E-state index is -0.222. The number of nitrogens with one attached hydrogen (secondary N) is 1. The topological polar surface area (TPSA) is 87.7 Å². The number of fused-ring (bicyclic) bond motifs is 1. The van der Waals surface area contributed by atoms with E-state index in [9.17, 15) is 9.59 Å². The molecule has 4 rings (SSSR count). The van der Waals surface area contributed by atoms with Gasteiger partial charge in [-0.3, -0.25) is 9.59 Å². The minimum absolute atomic E-state index is 0.0713. The highest BCUT2D eigenvalue weighted by Gasteiger charge is 2.24. The van der Waals surface area contributed by atoms with Crippen LogP contribution in [-0.4, -0.2) is 60.0 Å². The lowest BCUT2D eigenvalue weighted by atomic mass is 10.1. The lowest BCUT2D eigenvalue weighted by Crippen LogP contribution is -2.49. The van der Waals surface area contributed by atoms with Crippen LogP contribution in [0.5, 0.6) is 5.75 Å². The average molecular weight is 419 g/mol. The fraction of sp³-hybridized carbons (Fsp3) is 0.304. The van der Waals surface area contributed by atoms with Gasteiger partial charge in [-0.2, -0.15) is 0 Å². The molecule has 3 aromatic rings. The molecule has 31 heavy (non-hydrogen) atoms. The average Bonchev–Trinajstić information content (AvgIpc) is 2.78. The first-order chi connectivity index (χ1) is 15.0. The van der Waals surface area contributed by atoms with Crippen LogP contribution in [0.25, 0.3) is 10.9 Å². The second kappa shape index (κ2) is 8.59. The first kappa shape index (κ1) is 20.6. The third-order valence-electron chi connectivity index (χ3n) is 5.42. The van der Waals surface area contributed by atoms with E-state index in [1.54, 1.807) is 19.2 Å². The standard InChI is InChI=1S/C23H25N5O3/c1-15-13-21(26-22-18(15)5-4-6-19(22)31-3)27-9-11-28(12-10-27)23(30)17-7-8-24-20(14-17)25-16(2)29/h4-8,13-14H,9-12H2,1-3H3,(H,24,25,29). The molecule has 1 aliphatic rings. The summed E-state index contributed by atoms with van der Waals surface area (Å²) in [6.07, 6.45) is 1.53. The fourth-order valence-electron chi connectivity index (χ4n) is 3.83. The number of carbonyl (C=O) groups excluding carboxylic acids is 2. The molecule has 0 aliphatic carbocycles. The van der Waals surface area contributed by atoms with Gasteiger partial charge in [0.15, 0.2) is 0 Å². The fourth-order valence-corrected chi connectivity index (χ4v) is 3.83. The number of carbonyl (C=O) groups is 2. The van der Waals surface area contributed by atoms with Crippen LogP contribution in [0.4, 0.5) is 11.6 Å². The highest BCUT2D eigenvalue weighted by molar-refractivity contribution is 5.96. The van der Waals surface area contributed by atoms with E-state index >= 15 is 0 Å². The molecule has 1 N–H and O–H groups in total. The second-order valence-corrected chi connectivity index (χ2v) is 7.54. The molecule has 0 spiro atoms. The maximum atomic E-state index is 12.9. The summed E-state index contributed by atoms with van der Waals surface area (Å²) in [5, 5.41) is 3.69. The first-order valence-electron chi connectivity index (χ1n) is 10.2. The Morgan fingerprint density at radius 1 is 1.10 bits per heavy atom. The van der Waals surface area contributed by atoms with Gasteiger partial charge in [-0.15, -0.1) is 0 Å². The Morgan fingerprint density at radius 3 is 2.58 bits per heavy atom. The van der Waals surface area contributed by atoms with Crippen LogP contribution in [0, 0.1) is 6.92 Å². The van der Waals surface area contributed by atoms with Gasteiger partial charge in [-0.05, 0) is 36.8 Å². The van der Waals surface area contributed by atoms with Crippen molar-refractivity contribution in [3.05, 3.63) is 53.7 Å². The van der Waals surface area contributed by atoms with Crippen LogP contribution in [-0.2, 0) is 4.79 Å². The van der Waals surface area contributed by atoms with Crippen molar-refractivity contribution in [3.8, 4) is 5.75 Å². The van der Waals surface area contributed by atoms with Gasteiger partial charge in [0, 0.05) is 50.2 Å². The number of hydrogen-bond donors (Lipinski definition) is 1. The molecule has 8 nitrogen and oxygen atoms in total. The molecular formula is C23H25N5O3. The molecule has 2 aromatic heterocycles. The van der Waals surface area contributed by atoms with Crippen molar-refractivity contribution in [2.24, 2.45) is 0 Å². The smallest absolute Gasteiger partial charge is 0.254 e. The minimum Gasteiger partial charge on any atom is -0.494 e. The molecule has 160 valence electrons. The van der Waals surface area contributed by atoms with Crippen molar-refractivity contribution in [1.29, 1.82) is 0 Å². The Balaban J connectivity index is 1.49. The number of methoxy groups -OCH3 is 1. The summed E-state index contributed by atoms with van der Waals surface area (Å²) in [6.45, 7) is 6.02. The number of ether oxygens (including phenoxy) is 1. The van der Waals surface area contributed by atoms with E-state index in [1.807, 2.05) is 23.1 Å². The molecule has 0 bridgehead atoms. The Kier molecular flexibility index (Phi) is 5.70. The Bertz CT molecular complexity index is 1140. The van der Waals surface area contributed by atoms with Crippen molar-refractivity contribution in [1.82, 2.24) is 14.9 Å². The van der Waals surface area contributed by atoms with Crippen molar-refractivity contribution in [3.63, 3.8) is 0 Å². The highest BCUT2D eigenvalue weighted by Crippen LogP contribution is 2.29. The molecule has 0 unspecified atom stereocenters. The monoisotopic (exact) mass is 419 g/mol. The Hall–Kier alpha value is -3.68. The lowest BCUT2D eigenvalue weighted by Gasteiger charge is -2.35. The van der Waals surface area contributed by atoms with Crippen molar-refractivity contribution >= 4 is 34.4 Å². The molecule has 1 aromatic carbocycles. The number of aromatic nitrogens is 2. The summed E-state index contributed by atoms with van der Waals surface area (Å²) in [5.41, 5.74) is 2.50. The van der Waals surface area contributed by atoms with Gasteiger partial charge in [0.1, 0.15) is 22.9 Å². The molecular weight excluding hydrogens is 394 g/mol. The summed E-state index contributed by atoms with van der Waals surface area (Å²) in [4.78, 5) is 37.1. The number of aryl methyl sites for hydroxylation is 1.